The molecular weight excluding hydrogens is 426 g/mol. The summed E-state index contributed by atoms with van der Waals surface area (Å²) in [6, 6.07) is 11.0. The Kier molecular flexibility index (Phi) is 7.44. The number of rotatable bonds is 3. The minimum absolute atomic E-state index is 0. The van der Waals surface area contributed by atoms with Crippen LogP contribution in [0, 0.1) is 0 Å². The fourth-order valence-corrected chi connectivity index (χ4v) is 14.9. The summed E-state index contributed by atoms with van der Waals surface area (Å²) in [4.78, 5) is 0. The average molecular weight is 454 g/mol. The SMILES string of the molecule is Cl.Cl.[CH3][Zr](=[CH]c1ccccc1)([C]1=CC=CC1)[CH]1C=CC2=C1CCCC2. The van der Waals surface area contributed by atoms with Crippen molar-refractivity contribution in [3.05, 3.63) is 80.7 Å². The third kappa shape index (κ3) is 4.10. The van der Waals surface area contributed by atoms with Crippen molar-refractivity contribution in [3.8, 4) is 0 Å². The summed E-state index contributed by atoms with van der Waals surface area (Å²) in [5.74, 6) is 0. The van der Waals surface area contributed by atoms with Crippen molar-refractivity contribution < 1.29 is 19.8 Å². The molecular formula is C22H27Cl2Zr. The molecule has 0 bridgehead atoms. The second kappa shape index (κ2) is 8.94. The van der Waals surface area contributed by atoms with E-state index in [1.165, 1.54) is 37.7 Å². The summed E-state index contributed by atoms with van der Waals surface area (Å²) in [7, 11) is 0. The van der Waals surface area contributed by atoms with Gasteiger partial charge in [-0.25, -0.2) is 0 Å². The molecule has 0 saturated heterocycles. The van der Waals surface area contributed by atoms with Gasteiger partial charge in [-0.05, 0) is 0 Å². The van der Waals surface area contributed by atoms with Crippen LogP contribution in [0.1, 0.15) is 37.7 Å². The second-order valence-electron chi connectivity index (χ2n) is 7.26. The molecule has 1 aromatic carbocycles. The molecule has 4 rings (SSSR count). The molecule has 0 amide bonds. The Morgan fingerprint density at radius 2 is 1.80 bits per heavy atom. The topological polar surface area (TPSA) is 0 Å². The van der Waals surface area contributed by atoms with Crippen LogP contribution in [0.15, 0.2) is 75.1 Å². The molecule has 2 unspecified atom stereocenters. The molecule has 3 heteroatoms. The van der Waals surface area contributed by atoms with Gasteiger partial charge in [-0.3, -0.25) is 0 Å². The van der Waals surface area contributed by atoms with E-state index in [1.807, 2.05) is 0 Å². The van der Waals surface area contributed by atoms with Crippen molar-refractivity contribution in [1.29, 1.82) is 0 Å². The van der Waals surface area contributed by atoms with E-state index in [-0.39, 0.29) is 24.8 Å². The van der Waals surface area contributed by atoms with E-state index in [0.717, 1.165) is 3.63 Å². The molecule has 25 heavy (non-hydrogen) atoms. The van der Waals surface area contributed by atoms with Crippen LogP contribution in [-0.4, -0.2) is 3.71 Å². The van der Waals surface area contributed by atoms with Gasteiger partial charge in [-0.1, -0.05) is 0 Å². The standard InChI is InChI=1S/C9H11.C7H6.C5H5.CH3.2ClH.Zr/c1-2-5-9-7-3-6-8(9)4-1;1-7-5-3-2-4-6-7;1-2-4-5-3-1;;;;/h3,6-7H,1-2,4-5H2;1-6H;1-3H,4H2;1H3;2*1H;. The van der Waals surface area contributed by atoms with Crippen LogP contribution in [0.5, 0.6) is 0 Å². The van der Waals surface area contributed by atoms with Gasteiger partial charge in [0, 0.05) is 0 Å². The summed E-state index contributed by atoms with van der Waals surface area (Å²) in [5, 5.41) is 0. The maximum atomic E-state index is 2.72. The molecule has 1 aromatic rings. The molecule has 3 aliphatic rings. The van der Waals surface area contributed by atoms with Gasteiger partial charge >= 0.3 is 145 Å². The molecule has 0 aliphatic heterocycles. The molecule has 0 N–H and O–H groups in total. The number of benzene rings is 1. The molecule has 0 radical (unpaired) electrons. The molecule has 2 atom stereocenters. The van der Waals surface area contributed by atoms with Crippen LogP contribution < -0.4 is 0 Å². The van der Waals surface area contributed by atoms with E-state index >= 15 is 0 Å². The van der Waals surface area contributed by atoms with Gasteiger partial charge in [0.2, 0.25) is 0 Å². The van der Waals surface area contributed by atoms with Gasteiger partial charge in [0.05, 0.1) is 0 Å². The van der Waals surface area contributed by atoms with E-state index < -0.39 is 19.8 Å². The van der Waals surface area contributed by atoms with Crippen LogP contribution in [0.2, 0.25) is 8.26 Å². The van der Waals surface area contributed by atoms with Crippen molar-refractivity contribution >= 4 is 28.5 Å². The van der Waals surface area contributed by atoms with Crippen molar-refractivity contribution in [1.82, 2.24) is 0 Å². The van der Waals surface area contributed by atoms with E-state index in [2.05, 4.69) is 69.1 Å². The molecule has 0 spiro atoms. The third-order valence-electron chi connectivity index (χ3n) is 5.80. The van der Waals surface area contributed by atoms with Gasteiger partial charge in [0.1, 0.15) is 0 Å². The summed E-state index contributed by atoms with van der Waals surface area (Å²) >= 11 is -2.62. The van der Waals surface area contributed by atoms with E-state index in [4.69, 9.17) is 0 Å². The molecule has 0 fully saturated rings. The molecule has 0 saturated carbocycles. The van der Waals surface area contributed by atoms with E-state index in [0.29, 0.717) is 0 Å². The maximum absolute atomic E-state index is 2.72. The first-order valence-corrected chi connectivity index (χ1v) is 15.5. The zero-order valence-electron chi connectivity index (χ0n) is 14.8. The summed E-state index contributed by atoms with van der Waals surface area (Å²) < 4.78 is 7.87. The zero-order valence-corrected chi connectivity index (χ0v) is 18.9. The monoisotopic (exact) mass is 451 g/mol. The number of hydrogen-bond acceptors (Lipinski definition) is 0. The molecule has 3 aliphatic carbocycles. The fourth-order valence-electron chi connectivity index (χ4n) is 4.51. The Morgan fingerprint density at radius 1 is 1.04 bits per heavy atom. The van der Waals surface area contributed by atoms with Crippen LogP contribution in [-0.2, 0) is 19.8 Å². The Bertz CT molecular complexity index is 782. The predicted molar refractivity (Wildman–Crippen MR) is 112 cm³/mol. The summed E-state index contributed by atoms with van der Waals surface area (Å²) in [5.41, 5.74) is 4.91. The fraction of sp³-hybridized carbons (Fsp3) is 0.318. The van der Waals surface area contributed by atoms with E-state index in [9.17, 15) is 0 Å². The van der Waals surface area contributed by atoms with Gasteiger partial charge < -0.3 is 0 Å². The molecule has 0 aromatic heterocycles. The second-order valence-corrected chi connectivity index (χ2v) is 17.4. The van der Waals surface area contributed by atoms with Gasteiger partial charge in [0.15, 0.2) is 0 Å². The molecule has 133 valence electrons. The first-order valence-electron chi connectivity index (χ1n) is 8.94. The summed E-state index contributed by atoms with van der Waals surface area (Å²) in [6.45, 7) is 0. The summed E-state index contributed by atoms with van der Waals surface area (Å²) in [6.07, 6.45) is 18.7. The number of allylic oxidation sites excluding steroid dienone is 8. The minimum atomic E-state index is -2.62. The van der Waals surface area contributed by atoms with Crippen molar-refractivity contribution in [2.75, 3.05) is 0 Å². The van der Waals surface area contributed by atoms with Gasteiger partial charge in [-0.15, -0.1) is 24.8 Å². The molecule has 0 heterocycles. The number of halogens is 2. The Balaban J connectivity index is 0.00000113. The van der Waals surface area contributed by atoms with Crippen LogP contribution in [0.4, 0.5) is 0 Å². The van der Waals surface area contributed by atoms with Gasteiger partial charge in [0.25, 0.3) is 0 Å². The number of hydrogen-bond donors (Lipinski definition) is 0. The normalized spacial score (nSPS) is 23.2. The first-order chi connectivity index (χ1) is 11.3. The van der Waals surface area contributed by atoms with Crippen molar-refractivity contribution in [3.63, 3.8) is 0 Å². The quantitative estimate of drug-likeness (QED) is 0.464. The van der Waals surface area contributed by atoms with Crippen molar-refractivity contribution in [2.24, 2.45) is 0 Å². The molecule has 0 nitrogen and oxygen atoms in total. The van der Waals surface area contributed by atoms with Crippen LogP contribution >= 0.6 is 24.8 Å². The van der Waals surface area contributed by atoms with Crippen LogP contribution in [0.25, 0.3) is 0 Å². The van der Waals surface area contributed by atoms with Gasteiger partial charge in [-0.2, -0.15) is 0 Å². The Hall–Kier alpha value is -0.487. The zero-order chi connectivity index (χ0) is 15.7. The van der Waals surface area contributed by atoms with Crippen LogP contribution in [0.3, 0.4) is 0 Å². The Morgan fingerprint density at radius 3 is 2.52 bits per heavy atom. The average Bonchev–Trinajstić information content (AvgIpc) is 3.26. The predicted octanol–water partition coefficient (Wildman–Crippen LogP) is 6.96. The Labute approximate surface area is 168 Å². The third-order valence-corrected chi connectivity index (χ3v) is 16.9. The van der Waals surface area contributed by atoms with E-state index in [1.54, 1.807) is 14.4 Å². The first kappa shape index (κ1) is 20.8. The van der Waals surface area contributed by atoms with Crippen molar-refractivity contribution in [2.45, 2.75) is 40.4 Å².